The monoisotopic (exact) mass is 336 g/mol. The van der Waals surface area contributed by atoms with E-state index >= 15 is 0 Å². The molecular formula is C17H24N2O3S. The quantitative estimate of drug-likeness (QED) is 0.899. The first-order valence-corrected chi connectivity index (χ1v) is 9.90. The lowest BCUT2D eigenvalue weighted by molar-refractivity contribution is -0.117. The van der Waals surface area contributed by atoms with Gasteiger partial charge in [0.2, 0.25) is 15.9 Å². The third kappa shape index (κ3) is 3.93. The van der Waals surface area contributed by atoms with E-state index in [9.17, 15) is 13.2 Å². The van der Waals surface area contributed by atoms with Gasteiger partial charge < -0.3 is 5.32 Å². The molecule has 1 N–H and O–H groups in total. The Labute approximate surface area is 138 Å². The Morgan fingerprint density at radius 3 is 2.26 bits per heavy atom. The van der Waals surface area contributed by atoms with Gasteiger partial charge in [-0.3, -0.25) is 4.79 Å². The van der Waals surface area contributed by atoms with Crippen molar-refractivity contribution in [2.75, 3.05) is 18.4 Å². The Kier molecular flexibility index (Phi) is 5.02. The molecule has 0 bridgehead atoms. The number of benzene rings is 1. The zero-order chi connectivity index (χ0) is 16.3. The first-order chi connectivity index (χ1) is 11.1. The molecule has 0 spiro atoms. The molecule has 5 nitrogen and oxygen atoms in total. The van der Waals surface area contributed by atoms with Crippen molar-refractivity contribution in [2.24, 2.45) is 5.92 Å². The van der Waals surface area contributed by atoms with Crippen LogP contribution < -0.4 is 5.32 Å². The summed E-state index contributed by atoms with van der Waals surface area (Å²) in [5, 5.41) is 2.87. The molecule has 0 radical (unpaired) electrons. The highest BCUT2D eigenvalue weighted by Gasteiger charge is 2.27. The zero-order valence-corrected chi connectivity index (χ0v) is 14.1. The van der Waals surface area contributed by atoms with Crippen LogP contribution in [-0.2, 0) is 14.8 Å². The topological polar surface area (TPSA) is 66.5 Å². The van der Waals surface area contributed by atoms with Crippen LogP contribution in [0.2, 0.25) is 0 Å². The molecule has 1 amide bonds. The number of carbonyl (C=O) groups excluding carboxylic acids is 1. The van der Waals surface area contributed by atoms with Crippen molar-refractivity contribution in [3.05, 3.63) is 24.3 Å². The van der Waals surface area contributed by atoms with Gasteiger partial charge in [0.1, 0.15) is 0 Å². The number of carbonyl (C=O) groups is 1. The standard InChI is InChI=1S/C17H24N2O3S/c20-17(13-14-5-1-2-6-14)18-15-7-9-16(10-8-15)23(21,22)19-11-3-4-12-19/h7-10,14H,1-6,11-13H2,(H,18,20). The smallest absolute Gasteiger partial charge is 0.243 e. The first kappa shape index (κ1) is 16.5. The normalized spacial score (nSPS) is 20.0. The number of hydrogen-bond acceptors (Lipinski definition) is 3. The molecule has 1 saturated heterocycles. The molecule has 0 atom stereocenters. The molecule has 126 valence electrons. The molecule has 1 aliphatic heterocycles. The average molecular weight is 336 g/mol. The lowest BCUT2D eigenvalue weighted by Crippen LogP contribution is -2.27. The van der Waals surface area contributed by atoms with Crippen LogP contribution in [0.15, 0.2) is 29.2 Å². The van der Waals surface area contributed by atoms with E-state index in [2.05, 4.69) is 5.32 Å². The number of rotatable bonds is 5. The fraction of sp³-hybridized carbons (Fsp3) is 0.588. The summed E-state index contributed by atoms with van der Waals surface area (Å²) in [7, 11) is -3.38. The highest BCUT2D eigenvalue weighted by Crippen LogP contribution is 2.28. The van der Waals surface area contributed by atoms with Gasteiger partial charge in [-0.25, -0.2) is 8.42 Å². The van der Waals surface area contributed by atoms with Gasteiger partial charge in [-0.05, 0) is 55.9 Å². The molecule has 6 heteroatoms. The molecule has 23 heavy (non-hydrogen) atoms. The summed E-state index contributed by atoms with van der Waals surface area (Å²) in [4.78, 5) is 12.3. The first-order valence-electron chi connectivity index (χ1n) is 8.46. The summed E-state index contributed by atoms with van der Waals surface area (Å²) in [6.07, 6.45) is 7.14. The Bertz CT molecular complexity index is 643. The Hall–Kier alpha value is -1.40. The summed E-state index contributed by atoms with van der Waals surface area (Å²) < 4.78 is 26.4. The largest absolute Gasteiger partial charge is 0.326 e. The molecule has 2 fully saturated rings. The van der Waals surface area contributed by atoms with Crippen LogP contribution in [0.5, 0.6) is 0 Å². The number of nitrogens with one attached hydrogen (secondary N) is 1. The zero-order valence-electron chi connectivity index (χ0n) is 13.3. The van der Waals surface area contributed by atoms with Crippen molar-refractivity contribution >= 4 is 21.6 Å². The summed E-state index contributed by atoms with van der Waals surface area (Å²) in [5.41, 5.74) is 0.661. The average Bonchev–Trinajstić information content (AvgIpc) is 3.21. The van der Waals surface area contributed by atoms with Crippen LogP contribution in [0.4, 0.5) is 5.69 Å². The van der Waals surface area contributed by atoms with Gasteiger partial charge in [-0.2, -0.15) is 4.31 Å². The van der Waals surface area contributed by atoms with Gasteiger partial charge >= 0.3 is 0 Å². The summed E-state index contributed by atoms with van der Waals surface area (Å²) in [6, 6.07) is 6.52. The summed E-state index contributed by atoms with van der Waals surface area (Å²) in [6.45, 7) is 1.20. The maximum atomic E-state index is 12.4. The van der Waals surface area contributed by atoms with Gasteiger partial charge in [-0.1, -0.05) is 12.8 Å². The molecule has 0 aromatic heterocycles. The number of sulfonamides is 1. The highest BCUT2D eigenvalue weighted by molar-refractivity contribution is 7.89. The van der Waals surface area contributed by atoms with Crippen LogP contribution in [0, 0.1) is 5.92 Å². The second kappa shape index (κ2) is 7.01. The molecule has 2 aliphatic rings. The maximum Gasteiger partial charge on any atom is 0.243 e. The van der Waals surface area contributed by atoms with Crippen LogP contribution in [0.1, 0.15) is 44.9 Å². The molecule has 1 aromatic carbocycles. The van der Waals surface area contributed by atoms with E-state index in [4.69, 9.17) is 0 Å². The number of hydrogen-bond donors (Lipinski definition) is 1. The van der Waals surface area contributed by atoms with E-state index in [1.165, 1.54) is 17.1 Å². The molecule has 1 aliphatic carbocycles. The highest BCUT2D eigenvalue weighted by atomic mass is 32.2. The van der Waals surface area contributed by atoms with Gasteiger partial charge in [0.25, 0.3) is 0 Å². The molecule has 1 saturated carbocycles. The van der Waals surface area contributed by atoms with Crippen molar-refractivity contribution < 1.29 is 13.2 Å². The van der Waals surface area contributed by atoms with Crippen LogP contribution in [0.25, 0.3) is 0 Å². The van der Waals surface area contributed by atoms with Gasteiger partial charge in [0, 0.05) is 25.2 Å². The lowest BCUT2D eigenvalue weighted by atomic mass is 10.0. The molecular weight excluding hydrogens is 312 g/mol. The number of amides is 1. The van der Waals surface area contributed by atoms with E-state index in [0.717, 1.165) is 25.7 Å². The SMILES string of the molecule is O=C(CC1CCCC1)Nc1ccc(S(=O)(=O)N2CCCC2)cc1. The second-order valence-corrected chi connectivity index (χ2v) is 8.48. The molecule has 1 aromatic rings. The Balaban J connectivity index is 1.61. The predicted octanol–water partition coefficient (Wildman–Crippen LogP) is 2.99. The number of nitrogens with zero attached hydrogens (tertiary/aromatic N) is 1. The van der Waals surface area contributed by atoms with Crippen LogP contribution >= 0.6 is 0 Å². The van der Waals surface area contributed by atoms with Gasteiger partial charge in [0.05, 0.1) is 4.90 Å². The number of anilines is 1. The third-order valence-electron chi connectivity index (χ3n) is 4.79. The maximum absolute atomic E-state index is 12.4. The van der Waals surface area contributed by atoms with Crippen molar-refractivity contribution in [3.8, 4) is 0 Å². The van der Waals surface area contributed by atoms with Crippen molar-refractivity contribution in [2.45, 2.75) is 49.8 Å². The lowest BCUT2D eigenvalue weighted by Gasteiger charge is -2.16. The van der Waals surface area contributed by atoms with Gasteiger partial charge in [0.15, 0.2) is 0 Å². The van der Waals surface area contributed by atoms with E-state index in [1.807, 2.05) is 0 Å². The van der Waals surface area contributed by atoms with E-state index in [0.29, 0.717) is 36.0 Å². The second-order valence-electron chi connectivity index (χ2n) is 6.54. The van der Waals surface area contributed by atoms with Gasteiger partial charge in [-0.15, -0.1) is 0 Å². The fourth-order valence-corrected chi connectivity index (χ4v) is 4.99. The van der Waals surface area contributed by atoms with Crippen molar-refractivity contribution in [1.29, 1.82) is 0 Å². The van der Waals surface area contributed by atoms with E-state index < -0.39 is 10.0 Å². The van der Waals surface area contributed by atoms with E-state index in [-0.39, 0.29) is 5.91 Å². The third-order valence-corrected chi connectivity index (χ3v) is 6.70. The van der Waals surface area contributed by atoms with E-state index in [1.54, 1.807) is 24.3 Å². The Morgan fingerprint density at radius 2 is 1.65 bits per heavy atom. The van der Waals surface area contributed by atoms with Crippen LogP contribution in [-0.4, -0.2) is 31.7 Å². The predicted molar refractivity (Wildman–Crippen MR) is 89.6 cm³/mol. The summed E-state index contributed by atoms with van der Waals surface area (Å²) in [5.74, 6) is 0.525. The molecule has 1 heterocycles. The summed E-state index contributed by atoms with van der Waals surface area (Å²) >= 11 is 0. The molecule has 0 unspecified atom stereocenters. The van der Waals surface area contributed by atoms with Crippen molar-refractivity contribution in [3.63, 3.8) is 0 Å². The minimum Gasteiger partial charge on any atom is -0.326 e. The van der Waals surface area contributed by atoms with Crippen LogP contribution in [0.3, 0.4) is 0 Å². The Morgan fingerprint density at radius 1 is 1.04 bits per heavy atom. The fourth-order valence-electron chi connectivity index (χ4n) is 3.48. The van der Waals surface area contributed by atoms with Crippen molar-refractivity contribution in [1.82, 2.24) is 4.31 Å². The minimum absolute atomic E-state index is 0.0204. The molecule has 3 rings (SSSR count). The minimum atomic E-state index is -3.38.